The van der Waals surface area contributed by atoms with Gasteiger partial charge in [-0.15, -0.1) is 0 Å². The summed E-state index contributed by atoms with van der Waals surface area (Å²) in [7, 11) is 0. The van der Waals surface area contributed by atoms with Gasteiger partial charge in [-0.05, 0) is 44.0 Å². The lowest BCUT2D eigenvalue weighted by molar-refractivity contribution is -0.386. The first-order chi connectivity index (χ1) is 15.2. The smallest absolute Gasteiger partial charge is 0.313 e. The van der Waals surface area contributed by atoms with E-state index < -0.39 is 4.92 Å². The quantitative estimate of drug-likeness (QED) is 0.214. The molecule has 0 bridgehead atoms. The second-order valence-corrected chi connectivity index (χ2v) is 8.57. The van der Waals surface area contributed by atoms with E-state index in [4.69, 9.17) is 16.3 Å². The van der Waals surface area contributed by atoms with Gasteiger partial charge in [0.05, 0.1) is 33.2 Å². The van der Waals surface area contributed by atoms with Gasteiger partial charge in [-0.25, -0.2) is 4.98 Å². The highest BCUT2D eigenvalue weighted by Gasteiger charge is 2.22. The highest BCUT2D eigenvalue weighted by atomic mass is 79.9. The van der Waals surface area contributed by atoms with Crippen molar-refractivity contribution < 1.29 is 9.66 Å². The molecular formula is C22H22BrClN4O4. The van der Waals surface area contributed by atoms with Crippen molar-refractivity contribution in [3.05, 3.63) is 71.7 Å². The molecule has 0 aliphatic carbocycles. The minimum atomic E-state index is -0.551. The Morgan fingerprint density at radius 2 is 2.09 bits per heavy atom. The number of rotatable bonds is 8. The maximum absolute atomic E-state index is 13.1. The zero-order chi connectivity index (χ0) is 23.4. The van der Waals surface area contributed by atoms with E-state index in [1.54, 1.807) is 12.1 Å². The molecule has 0 unspecified atom stereocenters. The minimum Gasteiger partial charge on any atom is -0.483 e. The van der Waals surface area contributed by atoms with Gasteiger partial charge in [0.2, 0.25) is 5.75 Å². The zero-order valence-electron chi connectivity index (χ0n) is 17.8. The second kappa shape index (κ2) is 10.2. The van der Waals surface area contributed by atoms with Crippen LogP contribution in [0.1, 0.15) is 45.0 Å². The summed E-state index contributed by atoms with van der Waals surface area (Å²) in [6.45, 7) is 5.69. The number of fused-ring (bicyclic) bond motifs is 1. The van der Waals surface area contributed by atoms with E-state index in [0.29, 0.717) is 35.1 Å². The molecule has 0 spiro atoms. The lowest BCUT2D eigenvalue weighted by Crippen LogP contribution is -2.22. The van der Waals surface area contributed by atoms with Crippen molar-refractivity contribution >= 4 is 50.3 Å². The molecular weight excluding hydrogens is 500 g/mol. The standard InChI is InChI=1S/C22H22BrClN4O4/c1-4-6-20-26-18-8-7-15(23)11-16(18)22(29)27(20)25-12-14-9-17(24)21(32-13(3)5-2)19(10-14)28(30)31/h7-13H,4-6H2,1-3H3/t13-/m0/s1. The third-order valence-corrected chi connectivity index (χ3v) is 5.58. The molecule has 10 heteroatoms. The number of ether oxygens (including phenoxy) is 1. The molecule has 0 saturated carbocycles. The fourth-order valence-electron chi connectivity index (χ4n) is 3.03. The van der Waals surface area contributed by atoms with Crippen LogP contribution in [-0.2, 0) is 6.42 Å². The average molecular weight is 522 g/mol. The zero-order valence-corrected chi connectivity index (χ0v) is 20.2. The SMILES string of the molecule is CCCc1nc2ccc(Br)cc2c(=O)n1N=Cc1cc(Cl)c(O[C@@H](C)CC)c([N+](=O)[O-])c1. The number of nitrogens with zero attached hydrogens (tertiary/aromatic N) is 4. The molecule has 0 radical (unpaired) electrons. The van der Waals surface area contributed by atoms with Gasteiger partial charge in [0.1, 0.15) is 5.82 Å². The van der Waals surface area contributed by atoms with Gasteiger partial charge in [0.15, 0.2) is 0 Å². The Hall–Kier alpha value is -2.78. The van der Waals surface area contributed by atoms with Gasteiger partial charge in [0.25, 0.3) is 5.56 Å². The lowest BCUT2D eigenvalue weighted by Gasteiger charge is -2.14. The van der Waals surface area contributed by atoms with Crippen LogP contribution in [0.5, 0.6) is 5.75 Å². The number of aryl methyl sites for hydroxylation is 1. The van der Waals surface area contributed by atoms with Crippen LogP contribution < -0.4 is 10.3 Å². The number of aromatic nitrogens is 2. The Balaban J connectivity index is 2.10. The van der Waals surface area contributed by atoms with Crippen LogP contribution in [0.2, 0.25) is 5.02 Å². The van der Waals surface area contributed by atoms with Crippen molar-refractivity contribution in [3.63, 3.8) is 0 Å². The molecule has 0 saturated heterocycles. The third-order valence-electron chi connectivity index (χ3n) is 4.81. The summed E-state index contributed by atoms with van der Waals surface area (Å²) in [6.07, 6.45) is 3.11. The van der Waals surface area contributed by atoms with E-state index in [-0.39, 0.29) is 28.1 Å². The molecule has 32 heavy (non-hydrogen) atoms. The average Bonchev–Trinajstić information content (AvgIpc) is 2.75. The van der Waals surface area contributed by atoms with Gasteiger partial charge in [-0.1, -0.05) is 41.4 Å². The van der Waals surface area contributed by atoms with Gasteiger partial charge in [0, 0.05) is 22.5 Å². The van der Waals surface area contributed by atoms with Crippen molar-refractivity contribution in [2.24, 2.45) is 5.10 Å². The van der Waals surface area contributed by atoms with Crippen LogP contribution in [0, 0.1) is 10.1 Å². The van der Waals surface area contributed by atoms with Crippen molar-refractivity contribution in [3.8, 4) is 5.75 Å². The number of hydrogen-bond acceptors (Lipinski definition) is 6. The van der Waals surface area contributed by atoms with Crippen LogP contribution in [0.4, 0.5) is 5.69 Å². The van der Waals surface area contributed by atoms with E-state index >= 15 is 0 Å². The molecule has 0 fully saturated rings. The topological polar surface area (TPSA) is 99.6 Å². The van der Waals surface area contributed by atoms with E-state index in [1.807, 2.05) is 26.8 Å². The molecule has 2 aromatic carbocycles. The molecule has 0 aliphatic rings. The maximum Gasteiger partial charge on any atom is 0.313 e. The van der Waals surface area contributed by atoms with Crippen LogP contribution in [0.25, 0.3) is 10.9 Å². The second-order valence-electron chi connectivity index (χ2n) is 7.25. The largest absolute Gasteiger partial charge is 0.483 e. The van der Waals surface area contributed by atoms with Crippen LogP contribution >= 0.6 is 27.5 Å². The Morgan fingerprint density at radius 3 is 2.75 bits per heavy atom. The summed E-state index contributed by atoms with van der Waals surface area (Å²) in [4.78, 5) is 28.7. The molecule has 3 aromatic rings. The summed E-state index contributed by atoms with van der Waals surface area (Å²) >= 11 is 9.66. The van der Waals surface area contributed by atoms with Gasteiger partial charge >= 0.3 is 5.69 Å². The van der Waals surface area contributed by atoms with Crippen LogP contribution in [-0.4, -0.2) is 26.9 Å². The first kappa shape index (κ1) is 23.9. The molecule has 1 atom stereocenters. The van der Waals surface area contributed by atoms with Crippen molar-refractivity contribution in [2.45, 2.75) is 46.1 Å². The molecule has 0 N–H and O–H groups in total. The van der Waals surface area contributed by atoms with Crippen LogP contribution in [0.15, 0.2) is 44.7 Å². The van der Waals surface area contributed by atoms with E-state index in [1.165, 1.54) is 23.0 Å². The molecule has 3 rings (SSSR count). The monoisotopic (exact) mass is 520 g/mol. The predicted octanol–water partition coefficient (Wildman–Crippen LogP) is 5.73. The number of benzene rings is 2. The van der Waals surface area contributed by atoms with Gasteiger partial charge in [-0.3, -0.25) is 14.9 Å². The molecule has 8 nitrogen and oxygen atoms in total. The number of halogens is 2. The highest BCUT2D eigenvalue weighted by Crippen LogP contribution is 2.36. The van der Waals surface area contributed by atoms with E-state index in [2.05, 4.69) is 26.0 Å². The van der Waals surface area contributed by atoms with Gasteiger partial charge < -0.3 is 4.74 Å². The Kier molecular flexibility index (Phi) is 7.63. The fraction of sp³-hybridized carbons (Fsp3) is 0.318. The number of nitro benzene ring substituents is 1. The van der Waals surface area contributed by atoms with Crippen LogP contribution in [0.3, 0.4) is 0 Å². The molecule has 1 aromatic heterocycles. The predicted molar refractivity (Wildman–Crippen MR) is 129 cm³/mol. The number of hydrogen-bond donors (Lipinski definition) is 0. The van der Waals surface area contributed by atoms with Crippen molar-refractivity contribution in [1.29, 1.82) is 0 Å². The van der Waals surface area contributed by atoms with Crippen molar-refractivity contribution in [1.82, 2.24) is 9.66 Å². The van der Waals surface area contributed by atoms with E-state index in [9.17, 15) is 14.9 Å². The summed E-state index contributed by atoms with van der Waals surface area (Å²) in [5, 5.41) is 16.4. The highest BCUT2D eigenvalue weighted by molar-refractivity contribution is 9.10. The minimum absolute atomic E-state index is 0.0178. The first-order valence-corrected chi connectivity index (χ1v) is 11.3. The molecule has 0 aliphatic heterocycles. The van der Waals surface area contributed by atoms with Crippen molar-refractivity contribution in [2.75, 3.05) is 0 Å². The third kappa shape index (κ3) is 5.16. The maximum atomic E-state index is 13.1. The molecule has 1 heterocycles. The summed E-state index contributed by atoms with van der Waals surface area (Å²) < 4.78 is 7.62. The lowest BCUT2D eigenvalue weighted by atomic mass is 10.2. The Morgan fingerprint density at radius 1 is 1.34 bits per heavy atom. The normalized spacial score (nSPS) is 12.4. The molecule has 168 valence electrons. The first-order valence-electron chi connectivity index (χ1n) is 10.1. The summed E-state index contributed by atoms with van der Waals surface area (Å²) in [5.74, 6) is 0.519. The summed E-state index contributed by atoms with van der Waals surface area (Å²) in [6, 6.07) is 8.12. The fourth-order valence-corrected chi connectivity index (χ4v) is 3.66. The Bertz CT molecular complexity index is 1260. The molecule has 0 amide bonds. The summed E-state index contributed by atoms with van der Waals surface area (Å²) in [5.41, 5.74) is 0.356. The Labute approximate surface area is 198 Å². The number of nitro groups is 1. The van der Waals surface area contributed by atoms with E-state index in [0.717, 1.165) is 10.9 Å². The van der Waals surface area contributed by atoms with Gasteiger partial charge in [-0.2, -0.15) is 9.78 Å².